The summed E-state index contributed by atoms with van der Waals surface area (Å²) in [6, 6.07) is 4.72. The molecule has 1 aromatic carbocycles. The highest BCUT2D eigenvalue weighted by atomic mass is 32.1. The van der Waals surface area contributed by atoms with Crippen LogP contribution < -0.4 is 11.1 Å². The van der Waals surface area contributed by atoms with E-state index in [1.54, 1.807) is 0 Å². The molecule has 0 unspecified atom stereocenters. The first kappa shape index (κ1) is 11.7. The maximum Gasteiger partial charge on any atom is 0.416 e. The number of benzene rings is 1. The van der Waals surface area contributed by atoms with Gasteiger partial charge in [0, 0.05) is 5.69 Å². The van der Waals surface area contributed by atoms with Gasteiger partial charge in [0.15, 0.2) is 5.13 Å². The summed E-state index contributed by atoms with van der Waals surface area (Å²) in [6.07, 6.45) is -2.83. The van der Waals surface area contributed by atoms with Crippen LogP contribution >= 0.6 is 11.3 Å². The molecule has 0 fully saturated rings. The summed E-state index contributed by atoms with van der Waals surface area (Å²) in [4.78, 5) is 3.94. The zero-order chi connectivity index (χ0) is 12.5. The Kier molecular flexibility index (Phi) is 2.93. The number of hydrogen-bond donors (Lipinski definition) is 2. The molecule has 0 bridgehead atoms. The first-order valence-electron chi connectivity index (χ1n) is 4.61. The van der Waals surface area contributed by atoms with Crippen LogP contribution in [0.3, 0.4) is 0 Å². The Labute approximate surface area is 99.1 Å². The Morgan fingerprint density at radius 1 is 1.18 bits per heavy atom. The maximum atomic E-state index is 12.3. The van der Waals surface area contributed by atoms with Gasteiger partial charge < -0.3 is 11.1 Å². The largest absolute Gasteiger partial charge is 0.416 e. The van der Waals surface area contributed by atoms with E-state index in [-0.39, 0.29) is 0 Å². The molecular weight excluding hydrogens is 251 g/mol. The molecule has 7 heteroatoms. The van der Waals surface area contributed by atoms with Crippen molar-refractivity contribution >= 4 is 27.2 Å². The van der Waals surface area contributed by atoms with Gasteiger partial charge >= 0.3 is 6.18 Å². The summed E-state index contributed by atoms with van der Waals surface area (Å²) >= 11 is 1.23. The van der Waals surface area contributed by atoms with Crippen molar-refractivity contribution in [2.75, 3.05) is 11.1 Å². The molecule has 0 radical (unpaired) electrons. The van der Waals surface area contributed by atoms with Crippen LogP contribution in [0.15, 0.2) is 30.5 Å². The highest BCUT2D eigenvalue weighted by Gasteiger charge is 2.29. The van der Waals surface area contributed by atoms with E-state index in [1.165, 1.54) is 29.7 Å². The number of anilines is 3. The molecule has 1 heterocycles. The number of alkyl halides is 3. The number of nitrogens with one attached hydrogen (secondary N) is 1. The van der Waals surface area contributed by atoms with Gasteiger partial charge in [-0.15, -0.1) is 0 Å². The molecular formula is C10H8F3N3S. The SMILES string of the molecule is Nc1cnc(Nc2ccc(C(F)(F)F)cc2)s1. The van der Waals surface area contributed by atoms with E-state index >= 15 is 0 Å². The van der Waals surface area contributed by atoms with Gasteiger partial charge in [0.25, 0.3) is 0 Å². The third-order valence-corrected chi connectivity index (χ3v) is 2.73. The minimum absolute atomic E-state index is 0.535. The molecule has 17 heavy (non-hydrogen) atoms. The molecule has 0 saturated carbocycles. The van der Waals surface area contributed by atoms with Crippen LogP contribution in [0.2, 0.25) is 0 Å². The smallest absolute Gasteiger partial charge is 0.389 e. The van der Waals surface area contributed by atoms with E-state index in [2.05, 4.69) is 10.3 Å². The third kappa shape index (κ3) is 2.88. The maximum absolute atomic E-state index is 12.3. The molecule has 0 aliphatic carbocycles. The van der Waals surface area contributed by atoms with Gasteiger partial charge in [-0.25, -0.2) is 4.98 Å². The number of nitrogen functional groups attached to an aromatic ring is 1. The fourth-order valence-electron chi connectivity index (χ4n) is 1.21. The van der Waals surface area contributed by atoms with Gasteiger partial charge in [0.1, 0.15) is 5.00 Å². The van der Waals surface area contributed by atoms with Crippen LogP contribution in [-0.2, 0) is 6.18 Å². The molecule has 1 aromatic heterocycles. The molecule has 0 spiro atoms. The lowest BCUT2D eigenvalue weighted by Gasteiger charge is -2.07. The summed E-state index contributed by atoms with van der Waals surface area (Å²) in [5.74, 6) is 0. The van der Waals surface area contributed by atoms with Crippen molar-refractivity contribution in [1.82, 2.24) is 4.98 Å². The van der Waals surface area contributed by atoms with Crippen LogP contribution in [0.25, 0.3) is 0 Å². The Morgan fingerprint density at radius 3 is 2.29 bits per heavy atom. The summed E-state index contributed by atoms with van der Waals surface area (Å²) in [5, 5.41) is 3.95. The van der Waals surface area contributed by atoms with E-state index in [1.807, 2.05) is 0 Å². The molecule has 0 aliphatic rings. The topological polar surface area (TPSA) is 50.9 Å². The van der Waals surface area contributed by atoms with Gasteiger partial charge in [-0.05, 0) is 24.3 Å². The Bertz CT molecular complexity index is 504. The average Bonchev–Trinajstić information content (AvgIpc) is 2.63. The van der Waals surface area contributed by atoms with E-state index in [9.17, 15) is 13.2 Å². The summed E-state index contributed by atoms with van der Waals surface area (Å²) in [5.41, 5.74) is 5.34. The Hall–Kier alpha value is -1.76. The van der Waals surface area contributed by atoms with Crippen molar-refractivity contribution in [3.8, 4) is 0 Å². The van der Waals surface area contributed by atoms with Crippen molar-refractivity contribution in [3.05, 3.63) is 36.0 Å². The van der Waals surface area contributed by atoms with Crippen LogP contribution in [0.1, 0.15) is 5.56 Å². The normalized spacial score (nSPS) is 11.5. The van der Waals surface area contributed by atoms with E-state index in [4.69, 9.17) is 5.73 Å². The molecule has 3 N–H and O–H groups in total. The second-order valence-electron chi connectivity index (χ2n) is 3.27. The summed E-state index contributed by atoms with van der Waals surface area (Å²) in [6.45, 7) is 0. The van der Waals surface area contributed by atoms with Crippen LogP contribution in [-0.4, -0.2) is 4.98 Å². The van der Waals surface area contributed by atoms with Crippen molar-refractivity contribution in [1.29, 1.82) is 0 Å². The molecule has 0 saturated heterocycles. The number of nitrogens with zero attached hydrogens (tertiary/aromatic N) is 1. The van der Waals surface area contributed by atoms with Crippen LogP contribution in [0.4, 0.5) is 29.0 Å². The van der Waals surface area contributed by atoms with Gasteiger partial charge in [-0.3, -0.25) is 0 Å². The Balaban J connectivity index is 2.13. The zero-order valence-electron chi connectivity index (χ0n) is 8.45. The van der Waals surface area contributed by atoms with Gasteiger partial charge in [0.05, 0.1) is 11.8 Å². The number of thiazole rings is 1. The standard InChI is InChI=1S/C10H8F3N3S/c11-10(12,13)6-1-3-7(4-2-6)16-9-15-5-8(14)17-9/h1-5H,14H2,(H,15,16). The van der Waals surface area contributed by atoms with Crippen LogP contribution in [0, 0.1) is 0 Å². The summed E-state index contributed by atoms with van der Waals surface area (Å²) < 4.78 is 36.9. The van der Waals surface area contributed by atoms with Crippen molar-refractivity contribution in [2.24, 2.45) is 0 Å². The van der Waals surface area contributed by atoms with Crippen LogP contribution in [0.5, 0.6) is 0 Å². The molecule has 0 amide bonds. The lowest BCUT2D eigenvalue weighted by molar-refractivity contribution is -0.137. The van der Waals surface area contributed by atoms with Crippen molar-refractivity contribution in [2.45, 2.75) is 6.18 Å². The number of rotatable bonds is 2. The molecule has 2 aromatic rings. The number of aromatic nitrogens is 1. The first-order valence-corrected chi connectivity index (χ1v) is 5.42. The van der Waals surface area contributed by atoms with Gasteiger partial charge in [-0.1, -0.05) is 11.3 Å². The predicted octanol–water partition coefficient (Wildman–Crippen LogP) is 3.49. The molecule has 2 rings (SSSR count). The second-order valence-corrected chi connectivity index (χ2v) is 4.33. The van der Waals surface area contributed by atoms with Crippen molar-refractivity contribution in [3.63, 3.8) is 0 Å². The monoisotopic (exact) mass is 259 g/mol. The quantitative estimate of drug-likeness (QED) is 0.868. The highest BCUT2D eigenvalue weighted by molar-refractivity contribution is 7.19. The lowest BCUT2D eigenvalue weighted by atomic mass is 10.2. The second kappa shape index (κ2) is 4.25. The highest BCUT2D eigenvalue weighted by Crippen LogP contribution is 2.31. The molecule has 0 aliphatic heterocycles. The first-order chi connectivity index (χ1) is 7.95. The van der Waals surface area contributed by atoms with E-state index in [0.29, 0.717) is 15.8 Å². The van der Waals surface area contributed by atoms with Gasteiger partial charge in [0.2, 0.25) is 0 Å². The fourth-order valence-corrected chi connectivity index (χ4v) is 1.81. The van der Waals surface area contributed by atoms with Crippen molar-refractivity contribution < 1.29 is 13.2 Å². The minimum atomic E-state index is -4.32. The Morgan fingerprint density at radius 2 is 1.82 bits per heavy atom. The fraction of sp³-hybridized carbons (Fsp3) is 0.100. The average molecular weight is 259 g/mol. The number of halogens is 3. The van der Waals surface area contributed by atoms with Gasteiger partial charge in [-0.2, -0.15) is 13.2 Å². The zero-order valence-corrected chi connectivity index (χ0v) is 9.27. The number of nitrogens with two attached hydrogens (primary N) is 1. The predicted molar refractivity (Wildman–Crippen MR) is 61.3 cm³/mol. The molecule has 0 atom stereocenters. The molecule has 90 valence electrons. The number of hydrogen-bond acceptors (Lipinski definition) is 4. The van der Waals surface area contributed by atoms with E-state index < -0.39 is 11.7 Å². The molecule has 3 nitrogen and oxygen atoms in total. The van der Waals surface area contributed by atoms with E-state index in [0.717, 1.165) is 12.1 Å². The summed E-state index contributed by atoms with van der Waals surface area (Å²) in [7, 11) is 0. The minimum Gasteiger partial charge on any atom is -0.389 e. The lowest BCUT2D eigenvalue weighted by Crippen LogP contribution is -2.04. The third-order valence-electron chi connectivity index (χ3n) is 1.99.